The Balaban J connectivity index is 2.89. The second-order valence-electron chi connectivity index (χ2n) is 2.90. The van der Waals surface area contributed by atoms with Crippen LogP contribution in [0, 0.1) is 6.92 Å². The van der Waals surface area contributed by atoms with Crippen LogP contribution in [0.2, 0.25) is 5.02 Å². The molecule has 0 radical (unpaired) electrons. The number of aryl methyl sites for hydroxylation is 1. The third kappa shape index (κ3) is 1.45. The molecule has 2 aromatic rings. The lowest BCUT2D eigenvalue weighted by molar-refractivity contribution is 0.555. The van der Waals surface area contributed by atoms with E-state index in [2.05, 4.69) is 0 Å². The molecular formula is C10H7ClO2. The molecule has 0 aliphatic rings. The van der Waals surface area contributed by atoms with Crippen molar-refractivity contribution < 1.29 is 4.42 Å². The smallest absolute Gasteiger partial charge is 0.339 e. The molecule has 1 heterocycles. The number of hydrogen-bond acceptors (Lipinski definition) is 2. The van der Waals surface area contributed by atoms with Crippen LogP contribution in [0.1, 0.15) is 5.56 Å². The van der Waals surface area contributed by atoms with Crippen LogP contribution in [0.15, 0.2) is 33.5 Å². The summed E-state index contributed by atoms with van der Waals surface area (Å²) < 4.78 is 5.03. The van der Waals surface area contributed by atoms with Crippen LogP contribution >= 0.6 is 11.6 Å². The van der Waals surface area contributed by atoms with Crippen LogP contribution in [0.3, 0.4) is 0 Å². The van der Waals surface area contributed by atoms with Gasteiger partial charge in [-0.3, -0.25) is 0 Å². The summed E-state index contributed by atoms with van der Waals surface area (Å²) >= 11 is 5.79. The van der Waals surface area contributed by atoms with Gasteiger partial charge in [-0.15, -0.1) is 0 Å². The summed E-state index contributed by atoms with van der Waals surface area (Å²) in [7, 11) is 0. The Morgan fingerprint density at radius 2 is 2.08 bits per heavy atom. The van der Waals surface area contributed by atoms with Crippen molar-refractivity contribution in [1.82, 2.24) is 0 Å². The maximum Gasteiger partial charge on any atom is 0.339 e. The number of benzene rings is 1. The molecule has 0 N–H and O–H groups in total. The van der Waals surface area contributed by atoms with Gasteiger partial charge in [0.15, 0.2) is 0 Å². The lowest BCUT2D eigenvalue weighted by atomic mass is 10.2. The van der Waals surface area contributed by atoms with E-state index in [0.29, 0.717) is 16.2 Å². The van der Waals surface area contributed by atoms with Crippen molar-refractivity contribution in [3.05, 3.63) is 45.3 Å². The zero-order chi connectivity index (χ0) is 9.42. The van der Waals surface area contributed by atoms with E-state index in [4.69, 9.17) is 16.0 Å². The summed E-state index contributed by atoms with van der Waals surface area (Å²) in [4.78, 5) is 11.1. The van der Waals surface area contributed by atoms with Crippen LogP contribution in [-0.2, 0) is 0 Å². The molecule has 0 bridgehead atoms. The fourth-order valence-electron chi connectivity index (χ4n) is 1.20. The normalized spacial score (nSPS) is 10.6. The molecular weight excluding hydrogens is 188 g/mol. The Morgan fingerprint density at radius 1 is 1.31 bits per heavy atom. The molecule has 0 amide bonds. The molecule has 0 aliphatic carbocycles. The first-order valence-electron chi connectivity index (χ1n) is 3.87. The molecule has 1 aromatic carbocycles. The van der Waals surface area contributed by atoms with Crippen LogP contribution in [0.4, 0.5) is 0 Å². The highest BCUT2D eigenvalue weighted by Gasteiger charge is 2.00. The van der Waals surface area contributed by atoms with E-state index < -0.39 is 0 Å². The van der Waals surface area contributed by atoms with Gasteiger partial charge in [0.05, 0.1) is 0 Å². The minimum absolute atomic E-state index is 0.296. The molecule has 3 heteroatoms. The summed E-state index contributed by atoms with van der Waals surface area (Å²) in [6, 6.07) is 6.93. The van der Waals surface area contributed by atoms with E-state index in [9.17, 15) is 4.79 Å². The van der Waals surface area contributed by atoms with E-state index in [1.54, 1.807) is 31.2 Å². The number of halogens is 1. The molecule has 13 heavy (non-hydrogen) atoms. The lowest BCUT2D eigenvalue weighted by Gasteiger charge is -1.97. The molecule has 0 aliphatic heterocycles. The van der Waals surface area contributed by atoms with Crippen molar-refractivity contribution in [3.8, 4) is 0 Å². The van der Waals surface area contributed by atoms with Gasteiger partial charge in [0.2, 0.25) is 0 Å². The summed E-state index contributed by atoms with van der Waals surface area (Å²) in [6.45, 7) is 1.71. The molecule has 1 aromatic heterocycles. The maximum absolute atomic E-state index is 11.1. The monoisotopic (exact) mass is 194 g/mol. The van der Waals surface area contributed by atoms with E-state index in [-0.39, 0.29) is 5.63 Å². The Morgan fingerprint density at radius 3 is 2.85 bits per heavy atom. The van der Waals surface area contributed by atoms with Gasteiger partial charge < -0.3 is 4.42 Å². The second-order valence-corrected chi connectivity index (χ2v) is 3.34. The summed E-state index contributed by atoms with van der Waals surface area (Å²) in [5, 5.41) is 1.49. The van der Waals surface area contributed by atoms with Gasteiger partial charge in [-0.2, -0.15) is 0 Å². The predicted octanol–water partition coefficient (Wildman–Crippen LogP) is 2.75. The second kappa shape index (κ2) is 2.89. The van der Waals surface area contributed by atoms with Crippen LogP contribution < -0.4 is 5.63 Å². The zero-order valence-corrected chi connectivity index (χ0v) is 7.76. The fraction of sp³-hybridized carbons (Fsp3) is 0.100. The third-order valence-electron chi connectivity index (χ3n) is 1.87. The molecule has 66 valence electrons. The standard InChI is InChI=1S/C10H7ClO2/c1-6-4-7-5-8(11)2-3-9(7)13-10(6)12/h2-5H,1H3. The highest BCUT2D eigenvalue weighted by molar-refractivity contribution is 6.31. The predicted molar refractivity (Wildman–Crippen MR) is 52.2 cm³/mol. The summed E-state index contributed by atoms with van der Waals surface area (Å²) in [5.41, 5.74) is 0.865. The maximum atomic E-state index is 11.1. The molecule has 0 saturated carbocycles. The van der Waals surface area contributed by atoms with Crippen LogP contribution in [-0.4, -0.2) is 0 Å². The van der Waals surface area contributed by atoms with Gasteiger partial charge >= 0.3 is 5.63 Å². The average molecular weight is 195 g/mol. The van der Waals surface area contributed by atoms with Gasteiger partial charge in [-0.1, -0.05) is 11.6 Å². The van der Waals surface area contributed by atoms with Crippen molar-refractivity contribution >= 4 is 22.6 Å². The third-order valence-corrected chi connectivity index (χ3v) is 2.10. The molecule has 0 fully saturated rings. The van der Waals surface area contributed by atoms with Gasteiger partial charge in [-0.05, 0) is 31.2 Å². The first-order chi connectivity index (χ1) is 6.16. The minimum atomic E-state index is -0.296. The number of rotatable bonds is 0. The molecule has 0 unspecified atom stereocenters. The molecule has 2 nitrogen and oxygen atoms in total. The van der Waals surface area contributed by atoms with Crippen molar-refractivity contribution in [2.45, 2.75) is 6.92 Å². The summed E-state index contributed by atoms with van der Waals surface area (Å²) in [5.74, 6) is 0. The Bertz CT molecular complexity index is 514. The van der Waals surface area contributed by atoms with Gasteiger partial charge in [0.1, 0.15) is 5.58 Å². The lowest BCUT2D eigenvalue weighted by Crippen LogP contribution is -2.01. The number of fused-ring (bicyclic) bond motifs is 1. The largest absolute Gasteiger partial charge is 0.423 e. The van der Waals surface area contributed by atoms with E-state index in [0.717, 1.165) is 5.39 Å². The first-order valence-corrected chi connectivity index (χ1v) is 4.24. The summed E-state index contributed by atoms with van der Waals surface area (Å²) in [6.07, 6.45) is 0. The first kappa shape index (κ1) is 8.32. The van der Waals surface area contributed by atoms with Crippen LogP contribution in [0.5, 0.6) is 0 Å². The molecule has 0 atom stereocenters. The quantitative estimate of drug-likeness (QED) is 0.604. The van der Waals surface area contributed by atoms with Crippen LogP contribution in [0.25, 0.3) is 11.0 Å². The van der Waals surface area contributed by atoms with Crippen molar-refractivity contribution in [2.24, 2.45) is 0 Å². The van der Waals surface area contributed by atoms with E-state index >= 15 is 0 Å². The minimum Gasteiger partial charge on any atom is -0.423 e. The Labute approximate surface area is 79.7 Å². The number of hydrogen-bond donors (Lipinski definition) is 0. The Hall–Kier alpha value is -1.28. The molecule has 0 spiro atoms. The van der Waals surface area contributed by atoms with E-state index in [1.807, 2.05) is 0 Å². The van der Waals surface area contributed by atoms with Crippen molar-refractivity contribution in [2.75, 3.05) is 0 Å². The Kier molecular flexibility index (Phi) is 1.85. The molecule has 0 saturated heterocycles. The SMILES string of the molecule is Cc1cc2cc(Cl)ccc2oc1=O. The molecule has 2 rings (SSSR count). The highest BCUT2D eigenvalue weighted by atomic mass is 35.5. The zero-order valence-electron chi connectivity index (χ0n) is 7.00. The van der Waals surface area contributed by atoms with Crippen molar-refractivity contribution in [1.29, 1.82) is 0 Å². The fourth-order valence-corrected chi connectivity index (χ4v) is 1.38. The topological polar surface area (TPSA) is 30.2 Å². The average Bonchev–Trinajstić information content (AvgIpc) is 2.08. The van der Waals surface area contributed by atoms with E-state index in [1.165, 1.54) is 0 Å². The highest BCUT2D eigenvalue weighted by Crippen LogP contribution is 2.18. The van der Waals surface area contributed by atoms with Gasteiger partial charge in [-0.25, -0.2) is 4.79 Å². The van der Waals surface area contributed by atoms with Gasteiger partial charge in [0.25, 0.3) is 0 Å². The van der Waals surface area contributed by atoms with Gasteiger partial charge in [0, 0.05) is 16.0 Å². The van der Waals surface area contributed by atoms with Crippen molar-refractivity contribution in [3.63, 3.8) is 0 Å².